The molecule has 1 N–H and O–H groups in total. The summed E-state index contributed by atoms with van der Waals surface area (Å²) >= 11 is 0. The van der Waals surface area contributed by atoms with Crippen LogP contribution in [0, 0.1) is 5.41 Å². The van der Waals surface area contributed by atoms with Crippen molar-refractivity contribution in [1.29, 1.82) is 0 Å². The van der Waals surface area contributed by atoms with Crippen molar-refractivity contribution >= 4 is 16.9 Å². The maximum atomic E-state index is 13.4. The average Bonchev–Trinajstić information content (AvgIpc) is 3.29. The van der Waals surface area contributed by atoms with E-state index < -0.39 is 5.41 Å². The molecule has 1 amide bonds. The Morgan fingerprint density at radius 1 is 1.19 bits per heavy atom. The fourth-order valence-electron chi connectivity index (χ4n) is 5.06. The number of para-hydroxylation sites is 2. The van der Waals surface area contributed by atoms with Crippen LogP contribution in [0.2, 0.25) is 0 Å². The Kier molecular flexibility index (Phi) is 3.09. The minimum atomic E-state index is -0.628. The van der Waals surface area contributed by atoms with Gasteiger partial charge in [0.1, 0.15) is 5.76 Å². The molecule has 2 unspecified atom stereocenters. The van der Waals surface area contributed by atoms with E-state index in [1.54, 1.807) is 6.26 Å². The summed E-state index contributed by atoms with van der Waals surface area (Å²) in [7, 11) is 0. The monoisotopic (exact) mass is 347 g/mol. The van der Waals surface area contributed by atoms with E-state index in [-0.39, 0.29) is 17.2 Å². The van der Waals surface area contributed by atoms with Gasteiger partial charge in [-0.1, -0.05) is 26.0 Å². The lowest BCUT2D eigenvalue weighted by Gasteiger charge is -2.36. The molecule has 2 aromatic heterocycles. The molecule has 1 fully saturated rings. The number of benzene rings is 1. The van der Waals surface area contributed by atoms with Gasteiger partial charge in [-0.25, -0.2) is 9.97 Å². The third-order valence-electron chi connectivity index (χ3n) is 6.50. The number of fused-ring (bicyclic) bond motifs is 6. The molecule has 2 heterocycles. The number of carbonyl (C=O) groups excluding carboxylic acids is 1. The highest BCUT2D eigenvalue weighted by Crippen LogP contribution is 2.67. The van der Waals surface area contributed by atoms with Gasteiger partial charge in [0.25, 0.3) is 0 Å². The molecule has 1 aromatic carbocycles. The summed E-state index contributed by atoms with van der Waals surface area (Å²) in [6, 6.07) is 11.6. The minimum Gasteiger partial charge on any atom is -0.467 e. The van der Waals surface area contributed by atoms with E-state index in [1.807, 2.05) is 36.4 Å². The van der Waals surface area contributed by atoms with E-state index in [2.05, 4.69) is 19.2 Å². The number of furan rings is 1. The third kappa shape index (κ3) is 1.83. The fourth-order valence-corrected chi connectivity index (χ4v) is 5.06. The molecule has 0 spiro atoms. The van der Waals surface area contributed by atoms with Crippen molar-refractivity contribution in [3.8, 4) is 0 Å². The summed E-state index contributed by atoms with van der Waals surface area (Å²) in [4.78, 5) is 23.3. The summed E-state index contributed by atoms with van der Waals surface area (Å²) in [5.41, 5.74) is 2.80. The summed E-state index contributed by atoms with van der Waals surface area (Å²) in [5, 5.41) is 3.09. The zero-order chi connectivity index (χ0) is 17.9. The summed E-state index contributed by atoms with van der Waals surface area (Å²) in [6.07, 6.45) is 3.41. The lowest BCUT2D eigenvalue weighted by Crippen LogP contribution is -2.49. The highest BCUT2D eigenvalue weighted by Gasteiger charge is 2.67. The predicted molar refractivity (Wildman–Crippen MR) is 97.5 cm³/mol. The Labute approximate surface area is 151 Å². The molecule has 2 aliphatic carbocycles. The number of nitrogens with one attached hydrogen (secondary N) is 1. The van der Waals surface area contributed by atoms with Crippen LogP contribution in [0.4, 0.5) is 0 Å². The van der Waals surface area contributed by atoms with Crippen LogP contribution in [-0.2, 0) is 16.8 Å². The molecule has 1 saturated carbocycles. The Morgan fingerprint density at radius 3 is 2.69 bits per heavy atom. The SMILES string of the molecule is CC1(C)C2CCC1(C(=O)NCc1ccco1)c1nc3ccccc3nc12. The van der Waals surface area contributed by atoms with Gasteiger partial charge in [0.15, 0.2) is 0 Å². The normalized spacial score (nSPS) is 25.4. The molecule has 2 aliphatic rings. The van der Waals surface area contributed by atoms with Crippen LogP contribution >= 0.6 is 0 Å². The van der Waals surface area contributed by atoms with Crippen LogP contribution in [0.1, 0.15) is 49.8 Å². The Morgan fingerprint density at radius 2 is 1.96 bits per heavy atom. The molecular formula is C21H21N3O2. The predicted octanol–water partition coefficient (Wildman–Crippen LogP) is 3.69. The number of amides is 1. The molecule has 0 saturated heterocycles. The van der Waals surface area contributed by atoms with Crippen molar-refractivity contribution in [1.82, 2.24) is 15.3 Å². The van der Waals surface area contributed by atoms with Crippen molar-refractivity contribution in [2.24, 2.45) is 5.41 Å². The number of hydrogen-bond donors (Lipinski definition) is 1. The summed E-state index contributed by atoms with van der Waals surface area (Å²) < 4.78 is 5.36. The first-order valence-corrected chi connectivity index (χ1v) is 9.12. The van der Waals surface area contributed by atoms with Crippen LogP contribution < -0.4 is 5.32 Å². The third-order valence-corrected chi connectivity index (χ3v) is 6.50. The van der Waals surface area contributed by atoms with Crippen LogP contribution in [0.5, 0.6) is 0 Å². The number of rotatable bonds is 3. The van der Waals surface area contributed by atoms with Crippen molar-refractivity contribution in [3.05, 3.63) is 59.8 Å². The summed E-state index contributed by atoms with van der Waals surface area (Å²) in [6.45, 7) is 4.76. The molecule has 0 aliphatic heterocycles. The smallest absolute Gasteiger partial charge is 0.233 e. The van der Waals surface area contributed by atoms with E-state index in [9.17, 15) is 4.79 Å². The van der Waals surface area contributed by atoms with Crippen molar-refractivity contribution < 1.29 is 9.21 Å². The molecule has 3 aromatic rings. The number of aromatic nitrogens is 2. The highest BCUT2D eigenvalue weighted by molar-refractivity contribution is 5.92. The number of hydrogen-bond acceptors (Lipinski definition) is 4. The first-order valence-electron chi connectivity index (χ1n) is 9.12. The number of carbonyl (C=O) groups is 1. The van der Waals surface area contributed by atoms with Gasteiger partial charge in [0.2, 0.25) is 5.91 Å². The standard InChI is InChI=1S/C21H21N3O2/c1-20(2)14-9-10-21(20,19(25)22-12-13-6-5-11-26-13)18-17(14)23-15-7-3-4-8-16(15)24-18/h3-8,11,14H,9-10,12H2,1-2H3,(H,22,25). The van der Waals surface area contributed by atoms with Gasteiger partial charge in [0.05, 0.1) is 40.6 Å². The minimum absolute atomic E-state index is 0.0322. The fraction of sp³-hybridized carbons (Fsp3) is 0.381. The van der Waals surface area contributed by atoms with Gasteiger partial charge in [-0.15, -0.1) is 0 Å². The van der Waals surface area contributed by atoms with Crippen molar-refractivity contribution in [2.75, 3.05) is 0 Å². The van der Waals surface area contributed by atoms with Crippen LogP contribution in [0.15, 0.2) is 47.1 Å². The number of nitrogens with zero attached hydrogens (tertiary/aromatic N) is 2. The average molecular weight is 347 g/mol. The highest BCUT2D eigenvalue weighted by atomic mass is 16.3. The zero-order valence-electron chi connectivity index (χ0n) is 15.0. The van der Waals surface area contributed by atoms with Crippen LogP contribution in [-0.4, -0.2) is 15.9 Å². The Hall–Kier alpha value is -2.69. The second kappa shape index (κ2) is 5.16. The summed E-state index contributed by atoms with van der Waals surface area (Å²) in [5.74, 6) is 1.05. The molecule has 5 rings (SSSR count). The topological polar surface area (TPSA) is 68.0 Å². The molecule has 5 nitrogen and oxygen atoms in total. The van der Waals surface area contributed by atoms with E-state index in [0.29, 0.717) is 6.54 Å². The molecule has 2 bridgehead atoms. The van der Waals surface area contributed by atoms with Gasteiger partial charge in [-0.3, -0.25) is 4.79 Å². The first-order chi connectivity index (χ1) is 12.5. The lowest BCUT2D eigenvalue weighted by atomic mass is 9.67. The van der Waals surface area contributed by atoms with E-state index in [4.69, 9.17) is 14.4 Å². The van der Waals surface area contributed by atoms with E-state index >= 15 is 0 Å². The lowest BCUT2D eigenvalue weighted by molar-refractivity contribution is -0.130. The van der Waals surface area contributed by atoms with Gasteiger partial charge in [-0.05, 0) is 42.5 Å². The zero-order valence-corrected chi connectivity index (χ0v) is 15.0. The Balaban J connectivity index is 1.61. The molecule has 0 radical (unpaired) electrons. The quantitative estimate of drug-likeness (QED) is 0.784. The van der Waals surface area contributed by atoms with Crippen LogP contribution in [0.3, 0.4) is 0 Å². The molecule has 26 heavy (non-hydrogen) atoms. The van der Waals surface area contributed by atoms with Gasteiger partial charge in [-0.2, -0.15) is 0 Å². The first kappa shape index (κ1) is 15.6. The molecular weight excluding hydrogens is 326 g/mol. The molecule has 2 atom stereocenters. The van der Waals surface area contributed by atoms with Crippen molar-refractivity contribution in [2.45, 2.75) is 44.6 Å². The largest absolute Gasteiger partial charge is 0.467 e. The van der Waals surface area contributed by atoms with Gasteiger partial charge < -0.3 is 9.73 Å². The molecule has 5 heteroatoms. The van der Waals surface area contributed by atoms with Gasteiger partial charge in [0, 0.05) is 5.92 Å². The van der Waals surface area contributed by atoms with E-state index in [0.717, 1.165) is 41.0 Å². The maximum Gasteiger partial charge on any atom is 0.233 e. The Bertz CT molecular complexity index is 1010. The van der Waals surface area contributed by atoms with Crippen molar-refractivity contribution in [3.63, 3.8) is 0 Å². The maximum absolute atomic E-state index is 13.4. The van der Waals surface area contributed by atoms with Crippen LogP contribution in [0.25, 0.3) is 11.0 Å². The second-order valence-electron chi connectivity index (χ2n) is 7.93. The van der Waals surface area contributed by atoms with Gasteiger partial charge >= 0.3 is 0 Å². The second-order valence-corrected chi connectivity index (χ2v) is 7.93. The van der Waals surface area contributed by atoms with E-state index in [1.165, 1.54) is 0 Å². The molecule has 132 valence electrons.